The van der Waals surface area contributed by atoms with E-state index in [4.69, 9.17) is 4.74 Å². The van der Waals surface area contributed by atoms with Crippen molar-refractivity contribution in [3.63, 3.8) is 0 Å². The zero-order valence-electron chi connectivity index (χ0n) is 15.2. The lowest BCUT2D eigenvalue weighted by molar-refractivity contribution is -0.137. The molecule has 0 unspecified atom stereocenters. The molecule has 2 aromatic carbocycles. The summed E-state index contributed by atoms with van der Waals surface area (Å²) >= 11 is 0. The van der Waals surface area contributed by atoms with Crippen LogP contribution >= 0.6 is 0 Å². The predicted octanol–water partition coefficient (Wildman–Crippen LogP) is 4.53. The fourth-order valence-electron chi connectivity index (χ4n) is 2.71. The smallest absolute Gasteiger partial charge is 0.416 e. The van der Waals surface area contributed by atoms with Gasteiger partial charge in [0.1, 0.15) is 5.75 Å². The first-order chi connectivity index (χ1) is 13.3. The highest BCUT2D eigenvalue weighted by molar-refractivity contribution is 5.93. The Balaban J connectivity index is 1.65. The molecule has 0 saturated heterocycles. The van der Waals surface area contributed by atoms with E-state index in [9.17, 15) is 18.0 Å². The van der Waals surface area contributed by atoms with Crippen LogP contribution in [-0.2, 0) is 11.0 Å². The summed E-state index contributed by atoms with van der Waals surface area (Å²) < 4.78 is 44.7. The number of benzene rings is 2. The lowest BCUT2D eigenvalue weighted by atomic mass is 10.2. The van der Waals surface area contributed by atoms with Gasteiger partial charge in [-0.2, -0.15) is 18.3 Å². The SMILES string of the molecule is Cc1nn(-c2ccccc2)c(C)c1NC(=O)COc1ccc(C(F)(F)F)cc1. The molecule has 0 bridgehead atoms. The van der Waals surface area contributed by atoms with Crippen molar-refractivity contribution in [2.45, 2.75) is 20.0 Å². The number of anilines is 1. The van der Waals surface area contributed by atoms with Crippen LogP contribution in [0.4, 0.5) is 18.9 Å². The Morgan fingerprint density at radius 3 is 2.32 bits per heavy atom. The van der Waals surface area contributed by atoms with Gasteiger partial charge in [0.2, 0.25) is 0 Å². The Morgan fingerprint density at radius 1 is 1.07 bits per heavy atom. The molecule has 1 aromatic heterocycles. The third-order valence-electron chi connectivity index (χ3n) is 4.11. The summed E-state index contributed by atoms with van der Waals surface area (Å²) in [6, 6.07) is 13.7. The number of carbonyl (C=O) groups excluding carboxylic acids is 1. The number of hydrogen-bond acceptors (Lipinski definition) is 3. The van der Waals surface area contributed by atoms with Gasteiger partial charge >= 0.3 is 6.18 Å². The number of hydrogen-bond donors (Lipinski definition) is 1. The monoisotopic (exact) mass is 389 g/mol. The van der Waals surface area contributed by atoms with Gasteiger partial charge < -0.3 is 10.1 Å². The van der Waals surface area contributed by atoms with Gasteiger partial charge in [0, 0.05) is 0 Å². The molecule has 8 heteroatoms. The molecule has 3 aromatic rings. The maximum Gasteiger partial charge on any atom is 0.416 e. The molecule has 1 amide bonds. The molecular weight excluding hydrogens is 371 g/mol. The van der Waals surface area contributed by atoms with E-state index in [0.29, 0.717) is 11.4 Å². The molecule has 1 heterocycles. The number of nitrogens with one attached hydrogen (secondary N) is 1. The van der Waals surface area contributed by atoms with E-state index in [1.807, 2.05) is 37.3 Å². The van der Waals surface area contributed by atoms with Crippen LogP contribution in [0.2, 0.25) is 0 Å². The average molecular weight is 389 g/mol. The number of halogens is 3. The Labute approximate surface area is 159 Å². The Kier molecular flexibility index (Phi) is 5.39. The maximum atomic E-state index is 12.6. The summed E-state index contributed by atoms with van der Waals surface area (Å²) in [6.07, 6.45) is -4.41. The summed E-state index contributed by atoms with van der Waals surface area (Å²) in [5.74, 6) is -0.254. The van der Waals surface area contributed by atoms with Crippen molar-refractivity contribution in [1.82, 2.24) is 9.78 Å². The number of aryl methyl sites for hydroxylation is 1. The van der Waals surface area contributed by atoms with E-state index in [-0.39, 0.29) is 12.4 Å². The van der Waals surface area contributed by atoms with E-state index in [1.165, 1.54) is 12.1 Å². The second-order valence-corrected chi connectivity index (χ2v) is 6.15. The van der Waals surface area contributed by atoms with Gasteiger partial charge in [-0.3, -0.25) is 4.79 Å². The van der Waals surface area contributed by atoms with E-state index in [0.717, 1.165) is 23.5 Å². The molecule has 1 N–H and O–H groups in total. The number of aromatic nitrogens is 2. The second-order valence-electron chi connectivity index (χ2n) is 6.15. The topological polar surface area (TPSA) is 56.2 Å². The van der Waals surface area contributed by atoms with E-state index >= 15 is 0 Å². The van der Waals surface area contributed by atoms with Crippen LogP contribution in [0.5, 0.6) is 5.75 Å². The molecule has 5 nitrogen and oxygen atoms in total. The number of carbonyl (C=O) groups is 1. The first kappa shape index (κ1) is 19.5. The Bertz CT molecular complexity index is 965. The van der Waals surface area contributed by atoms with Gasteiger partial charge in [0.05, 0.1) is 28.3 Å². The molecule has 0 aliphatic heterocycles. The average Bonchev–Trinajstić information content (AvgIpc) is 2.95. The van der Waals surface area contributed by atoms with Crippen LogP contribution in [0, 0.1) is 13.8 Å². The molecule has 0 fully saturated rings. The summed E-state index contributed by atoms with van der Waals surface area (Å²) in [5, 5.41) is 7.19. The van der Waals surface area contributed by atoms with Crippen molar-refractivity contribution in [2.24, 2.45) is 0 Å². The lowest BCUT2D eigenvalue weighted by Crippen LogP contribution is -2.21. The largest absolute Gasteiger partial charge is 0.484 e. The third kappa shape index (κ3) is 4.33. The van der Waals surface area contributed by atoms with Crippen molar-refractivity contribution in [1.29, 1.82) is 0 Å². The highest BCUT2D eigenvalue weighted by atomic mass is 19.4. The van der Waals surface area contributed by atoms with Crippen molar-refractivity contribution in [2.75, 3.05) is 11.9 Å². The number of alkyl halides is 3. The molecule has 0 atom stereocenters. The number of ether oxygens (including phenoxy) is 1. The summed E-state index contributed by atoms with van der Waals surface area (Å²) in [6.45, 7) is 3.28. The number of para-hydroxylation sites is 1. The van der Waals surface area contributed by atoms with Gasteiger partial charge in [-0.15, -0.1) is 0 Å². The van der Waals surface area contributed by atoms with Crippen LogP contribution in [0.25, 0.3) is 5.69 Å². The Hall–Kier alpha value is -3.29. The highest BCUT2D eigenvalue weighted by Gasteiger charge is 2.30. The molecular formula is C20H18F3N3O2. The van der Waals surface area contributed by atoms with Gasteiger partial charge in [0.15, 0.2) is 6.61 Å². The second kappa shape index (κ2) is 7.75. The summed E-state index contributed by atoms with van der Waals surface area (Å²) in [7, 11) is 0. The Morgan fingerprint density at radius 2 is 1.71 bits per heavy atom. The molecule has 0 aliphatic rings. The molecule has 0 aliphatic carbocycles. The van der Waals surface area contributed by atoms with E-state index in [2.05, 4.69) is 10.4 Å². The van der Waals surface area contributed by atoms with Crippen LogP contribution in [0.15, 0.2) is 54.6 Å². The molecule has 28 heavy (non-hydrogen) atoms. The third-order valence-corrected chi connectivity index (χ3v) is 4.11. The normalized spacial score (nSPS) is 11.3. The van der Waals surface area contributed by atoms with Gasteiger partial charge in [0.25, 0.3) is 5.91 Å². The molecule has 0 spiro atoms. The fraction of sp³-hybridized carbons (Fsp3) is 0.200. The number of rotatable bonds is 5. The first-order valence-electron chi connectivity index (χ1n) is 8.47. The highest BCUT2D eigenvalue weighted by Crippen LogP contribution is 2.30. The van der Waals surface area contributed by atoms with Crippen molar-refractivity contribution in [3.05, 3.63) is 71.5 Å². The molecule has 146 valence electrons. The fourth-order valence-corrected chi connectivity index (χ4v) is 2.71. The van der Waals surface area contributed by atoms with Crippen LogP contribution in [0.3, 0.4) is 0 Å². The molecule has 3 rings (SSSR count). The van der Waals surface area contributed by atoms with Crippen molar-refractivity contribution in [3.8, 4) is 11.4 Å². The standard InChI is InChI=1S/C20H18F3N3O2/c1-13-19(14(2)26(25-13)16-6-4-3-5-7-16)24-18(27)12-28-17-10-8-15(9-11-17)20(21,22)23/h3-11H,12H2,1-2H3,(H,24,27). The zero-order chi connectivity index (χ0) is 20.3. The predicted molar refractivity (Wildman–Crippen MR) is 98.6 cm³/mol. The van der Waals surface area contributed by atoms with Crippen LogP contribution in [0.1, 0.15) is 17.0 Å². The number of amides is 1. The minimum atomic E-state index is -4.41. The van der Waals surface area contributed by atoms with Crippen LogP contribution in [-0.4, -0.2) is 22.3 Å². The minimum absolute atomic E-state index is 0.177. The quantitative estimate of drug-likeness (QED) is 0.698. The molecule has 0 saturated carbocycles. The van der Waals surface area contributed by atoms with Gasteiger partial charge in [-0.25, -0.2) is 4.68 Å². The summed E-state index contributed by atoms with van der Waals surface area (Å²) in [5.41, 5.74) is 2.06. The lowest BCUT2D eigenvalue weighted by Gasteiger charge is -2.10. The maximum absolute atomic E-state index is 12.6. The van der Waals surface area contributed by atoms with E-state index in [1.54, 1.807) is 11.6 Å². The molecule has 0 radical (unpaired) electrons. The van der Waals surface area contributed by atoms with Crippen molar-refractivity contribution >= 4 is 11.6 Å². The number of nitrogens with zero attached hydrogens (tertiary/aromatic N) is 2. The first-order valence-corrected chi connectivity index (χ1v) is 8.47. The summed E-state index contributed by atoms with van der Waals surface area (Å²) in [4.78, 5) is 12.2. The van der Waals surface area contributed by atoms with Gasteiger partial charge in [-0.05, 0) is 50.2 Å². The van der Waals surface area contributed by atoms with E-state index < -0.39 is 17.6 Å². The van der Waals surface area contributed by atoms with Gasteiger partial charge in [-0.1, -0.05) is 18.2 Å². The minimum Gasteiger partial charge on any atom is -0.484 e. The van der Waals surface area contributed by atoms with Crippen LogP contribution < -0.4 is 10.1 Å². The van der Waals surface area contributed by atoms with Crippen molar-refractivity contribution < 1.29 is 22.7 Å². The zero-order valence-corrected chi connectivity index (χ0v) is 15.2.